The highest BCUT2D eigenvalue weighted by Crippen LogP contribution is 2.47. The van der Waals surface area contributed by atoms with E-state index in [0.717, 1.165) is 89.9 Å². The van der Waals surface area contributed by atoms with Gasteiger partial charge in [0.05, 0.1) is 33.9 Å². The minimum absolute atomic E-state index is 0.0206. The van der Waals surface area contributed by atoms with E-state index in [9.17, 15) is 33.7 Å². The molecule has 76 heavy (non-hydrogen) atoms. The SMILES string of the molecule is CCCCCCCC/C=C\CCCCCCCC(=O)OC[C@H](CO)OC(=O)CCC(CCCC/C=C\CCCCCCCC)OP(=O)(O)OC(COC(=O)C(CC=O)OCCCCCCCCCCCC)C[N+](C)(C)C. The van der Waals surface area contributed by atoms with Crippen molar-refractivity contribution in [2.45, 2.75) is 289 Å². The number of aliphatic hydroxyl groups is 1. The molecule has 0 rings (SSSR count). The molecule has 2 N–H and O–H groups in total. The second kappa shape index (κ2) is 52.0. The molecule has 0 aromatic heterocycles. The number of carbonyl (C=O) groups is 4. The van der Waals surface area contributed by atoms with E-state index in [1.165, 1.54) is 109 Å². The Morgan fingerprint density at radius 2 is 0.947 bits per heavy atom. The molecule has 0 fully saturated rings. The number of carbonyl (C=O) groups excluding carboxylic acids is 4. The number of likely N-dealkylation sites (N-methyl/N-ethyl adjacent to an activating group) is 1. The van der Waals surface area contributed by atoms with Gasteiger partial charge in [0.25, 0.3) is 0 Å². The van der Waals surface area contributed by atoms with Crippen LogP contribution >= 0.6 is 7.82 Å². The number of ether oxygens (including phenoxy) is 4. The Hall–Kier alpha value is -2.45. The standard InChI is InChI=1S/C61H114NO13P/c1-7-10-13-16-19-22-25-27-28-29-31-33-36-39-42-45-59(65)71-54-57(52-64)73-60(66)47-46-55(44-41-38-35-32-30-26-23-20-17-14-11-8-2)74-76(68,69)75-56(51-62(4,5)6)53-72-61(67)58(48-49-63)70-50-43-40-37-34-24-21-18-15-12-9-3/h27-28,30,32,49,55-58,64H,7-26,29,31,33-48,50-54H2,1-6H3/p+1/b28-27-,32-30-/t55?,56?,57-,58?/m0/s1. The first-order valence-electron chi connectivity index (χ1n) is 30.7. The van der Waals surface area contributed by atoms with Crippen molar-refractivity contribution < 1.29 is 66.2 Å². The Bertz CT molecular complexity index is 1490. The summed E-state index contributed by atoms with van der Waals surface area (Å²) in [6, 6.07) is 0. The van der Waals surface area contributed by atoms with Crippen molar-refractivity contribution in [3.8, 4) is 0 Å². The number of phosphoric acid groups is 1. The topological polar surface area (TPSA) is 181 Å². The van der Waals surface area contributed by atoms with E-state index < -0.39 is 56.8 Å². The Kier molecular flexibility index (Phi) is 50.3. The first-order chi connectivity index (χ1) is 36.7. The van der Waals surface area contributed by atoms with E-state index in [1.54, 1.807) is 0 Å². The summed E-state index contributed by atoms with van der Waals surface area (Å²) in [4.78, 5) is 61.5. The van der Waals surface area contributed by atoms with Gasteiger partial charge < -0.3 is 38.2 Å². The van der Waals surface area contributed by atoms with Crippen LogP contribution in [-0.4, -0.2) is 117 Å². The molecule has 0 aliphatic carbocycles. The normalized spacial score (nSPS) is 14.4. The van der Waals surface area contributed by atoms with Crippen LogP contribution in [0.4, 0.5) is 0 Å². The lowest BCUT2D eigenvalue weighted by Crippen LogP contribution is -2.44. The number of phosphoric ester groups is 1. The third-order valence-electron chi connectivity index (χ3n) is 13.4. The fourth-order valence-corrected chi connectivity index (χ4v) is 10.1. The predicted molar refractivity (Wildman–Crippen MR) is 308 cm³/mol. The molecule has 0 spiro atoms. The van der Waals surface area contributed by atoms with Crippen LogP contribution in [0.5, 0.6) is 0 Å². The zero-order valence-electron chi connectivity index (χ0n) is 49.4. The fourth-order valence-electron chi connectivity index (χ4n) is 8.94. The first kappa shape index (κ1) is 73.5. The molecule has 14 nitrogen and oxygen atoms in total. The largest absolute Gasteiger partial charge is 0.473 e. The highest BCUT2D eigenvalue weighted by atomic mass is 31.2. The number of aldehydes is 1. The van der Waals surface area contributed by atoms with Crippen molar-refractivity contribution in [2.24, 2.45) is 0 Å². The lowest BCUT2D eigenvalue weighted by molar-refractivity contribution is -0.873. The van der Waals surface area contributed by atoms with Gasteiger partial charge in [-0.3, -0.25) is 18.6 Å². The smallest absolute Gasteiger partial charge is 0.462 e. The number of unbranched alkanes of at least 4 members (excludes halogenated alkanes) is 28. The average Bonchev–Trinajstić information content (AvgIpc) is 3.37. The number of allylic oxidation sites excluding steroid dienone is 4. The van der Waals surface area contributed by atoms with Gasteiger partial charge in [0, 0.05) is 25.9 Å². The van der Waals surface area contributed by atoms with E-state index in [4.69, 9.17) is 28.0 Å². The molecule has 4 unspecified atom stereocenters. The zero-order chi connectivity index (χ0) is 56.2. The molecule has 446 valence electrons. The summed E-state index contributed by atoms with van der Waals surface area (Å²) in [5.41, 5.74) is 0. The molecule has 5 atom stereocenters. The van der Waals surface area contributed by atoms with Gasteiger partial charge in [-0.1, -0.05) is 193 Å². The molecule has 0 saturated carbocycles. The number of hydrogen-bond acceptors (Lipinski definition) is 12. The molecule has 0 aromatic rings. The Morgan fingerprint density at radius 3 is 1.42 bits per heavy atom. The van der Waals surface area contributed by atoms with Crippen LogP contribution in [-0.2, 0) is 51.7 Å². The summed E-state index contributed by atoms with van der Waals surface area (Å²) in [6.45, 7) is 5.94. The van der Waals surface area contributed by atoms with Crippen LogP contribution in [0.25, 0.3) is 0 Å². The van der Waals surface area contributed by atoms with Crippen molar-refractivity contribution in [2.75, 3.05) is 54.1 Å². The third kappa shape index (κ3) is 49.8. The van der Waals surface area contributed by atoms with Crippen molar-refractivity contribution in [3.63, 3.8) is 0 Å². The van der Waals surface area contributed by atoms with E-state index in [0.29, 0.717) is 36.6 Å². The zero-order valence-corrected chi connectivity index (χ0v) is 50.3. The predicted octanol–water partition coefficient (Wildman–Crippen LogP) is 15.1. The molecule has 0 aromatic carbocycles. The van der Waals surface area contributed by atoms with Gasteiger partial charge >= 0.3 is 25.7 Å². The Balaban J connectivity index is 5.30. The summed E-state index contributed by atoms with van der Waals surface area (Å²) >= 11 is 0. The first-order valence-corrected chi connectivity index (χ1v) is 32.2. The maximum absolute atomic E-state index is 13.8. The number of aliphatic hydroxyl groups excluding tert-OH is 1. The lowest BCUT2D eigenvalue weighted by atomic mass is 10.1. The third-order valence-corrected chi connectivity index (χ3v) is 14.5. The summed E-state index contributed by atoms with van der Waals surface area (Å²) in [6.07, 6.45) is 43.0. The second-order valence-electron chi connectivity index (χ2n) is 22.1. The molecule has 0 saturated heterocycles. The van der Waals surface area contributed by atoms with Crippen LogP contribution in [0.3, 0.4) is 0 Å². The summed E-state index contributed by atoms with van der Waals surface area (Å²) < 4.78 is 47.8. The van der Waals surface area contributed by atoms with Crippen molar-refractivity contribution in [3.05, 3.63) is 24.3 Å². The molecule has 0 aliphatic rings. The van der Waals surface area contributed by atoms with Crippen molar-refractivity contribution in [1.82, 2.24) is 0 Å². The lowest BCUT2D eigenvalue weighted by Gasteiger charge is -2.30. The van der Waals surface area contributed by atoms with Crippen LogP contribution in [0.15, 0.2) is 24.3 Å². The van der Waals surface area contributed by atoms with E-state index >= 15 is 0 Å². The van der Waals surface area contributed by atoms with Crippen LogP contribution in [0.1, 0.15) is 265 Å². The van der Waals surface area contributed by atoms with Gasteiger partial charge in [0.1, 0.15) is 26.0 Å². The van der Waals surface area contributed by atoms with Crippen LogP contribution < -0.4 is 0 Å². The number of hydrogen-bond donors (Lipinski definition) is 2. The van der Waals surface area contributed by atoms with Gasteiger partial charge in [-0.25, -0.2) is 9.36 Å². The summed E-state index contributed by atoms with van der Waals surface area (Å²) in [5, 5.41) is 9.97. The number of quaternary nitrogens is 1. The molecule has 0 radical (unpaired) electrons. The minimum atomic E-state index is -4.81. The maximum Gasteiger partial charge on any atom is 0.473 e. The van der Waals surface area contributed by atoms with Crippen molar-refractivity contribution >= 4 is 32.0 Å². The van der Waals surface area contributed by atoms with Crippen LogP contribution in [0.2, 0.25) is 0 Å². The molecule has 0 aliphatic heterocycles. The average molecular weight is 1100 g/mol. The number of esters is 3. The minimum Gasteiger partial charge on any atom is -0.462 e. The van der Waals surface area contributed by atoms with Gasteiger partial charge in [0.15, 0.2) is 18.3 Å². The Morgan fingerprint density at radius 1 is 0.513 bits per heavy atom. The van der Waals surface area contributed by atoms with Crippen LogP contribution in [0, 0.1) is 0 Å². The van der Waals surface area contributed by atoms with E-state index in [1.807, 2.05) is 21.1 Å². The van der Waals surface area contributed by atoms with Gasteiger partial charge in [-0.15, -0.1) is 0 Å². The summed E-state index contributed by atoms with van der Waals surface area (Å²) in [5.74, 6) is -1.85. The van der Waals surface area contributed by atoms with Gasteiger partial charge in [-0.2, -0.15) is 0 Å². The monoisotopic (exact) mass is 1100 g/mol. The molecular weight excluding hydrogens is 986 g/mol. The molecular formula is C61H115NO13P+. The second-order valence-corrected chi connectivity index (χ2v) is 23.5. The number of nitrogens with zero attached hydrogens (tertiary/aromatic N) is 1. The quantitative estimate of drug-likeness (QED) is 0.0112. The maximum atomic E-state index is 13.8. The fraction of sp³-hybridized carbons (Fsp3) is 0.869. The number of rotatable bonds is 57. The highest BCUT2D eigenvalue weighted by Gasteiger charge is 2.35. The van der Waals surface area contributed by atoms with E-state index in [-0.39, 0.29) is 45.4 Å². The Labute approximate surface area is 464 Å². The van der Waals surface area contributed by atoms with Gasteiger partial charge in [0.2, 0.25) is 0 Å². The summed E-state index contributed by atoms with van der Waals surface area (Å²) in [7, 11) is 0.781. The molecule has 0 heterocycles. The highest BCUT2D eigenvalue weighted by molar-refractivity contribution is 7.47. The molecule has 0 amide bonds. The van der Waals surface area contributed by atoms with E-state index in [2.05, 4.69) is 45.1 Å². The molecule has 15 heteroatoms. The van der Waals surface area contributed by atoms with Crippen molar-refractivity contribution in [1.29, 1.82) is 0 Å². The molecule has 0 bridgehead atoms. The van der Waals surface area contributed by atoms with Gasteiger partial charge in [-0.05, 0) is 77.0 Å².